The Morgan fingerprint density at radius 2 is 2.10 bits per heavy atom. The predicted molar refractivity (Wildman–Crippen MR) is 95.5 cm³/mol. The molecule has 7 heteroatoms. The van der Waals surface area contributed by atoms with Crippen LogP contribution in [-0.2, 0) is 19.9 Å². The summed E-state index contributed by atoms with van der Waals surface area (Å²) in [7, 11) is 4.00. The number of thiophene rings is 1. The van der Waals surface area contributed by atoms with Gasteiger partial charge in [0.1, 0.15) is 0 Å². The molecule has 0 bridgehead atoms. The number of aromatic nitrogens is 2. The Morgan fingerprint density at radius 3 is 2.55 bits per heavy atom. The monoisotopic (exact) mass is 483 g/mol. The highest BCUT2D eigenvalue weighted by Gasteiger charge is 2.21. The smallest absolute Gasteiger partial charge is 0.0766 e. The van der Waals surface area contributed by atoms with E-state index in [4.69, 9.17) is 0 Å². The maximum absolute atomic E-state index is 4.56. The van der Waals surface area contributed by atoms with Crippen LogP contribution in [0.1, 0.15) is 29.9 Å². The molecule has 2 aromatic heterocycles. The van der Waals surface area contributed by atoms with Gasteiger partial charge in [0.2, 0.25) is 0 Å². The molecule has 20 heavy (non-hydrogen) atoms. The van der Waals surface area contributed by atoms with Crippen LogP contribution < -0.4 is 5.32 Å². The van der Waals surface area contributed by atoms with Crippen LogP contribution in [0.15, 0.2) is 18.1 Å². The third-order valence-electron chi connectivity index (χ3n) is 3.31. The predicted octanol–water partition coefficient (Wildman–Crippen LogP) is 4.83. The Balaban J connectivity index is 2.31. The normalized spacial score (nSPS) is 12.9. The SMILES string of the molecule is CCc1nn(C)c(CC(NC)c2cc(Br)sc2Br)c1Br. The summed E-state index contributed by atoms with van der Waals surface area (Å²) in [5, 5.41) is 7.96. The van der Waals surface area contributed by atoms with Crippen molar-refractivity contribution >= 4 is 59.1 Å². The molecule has 2 heterocycles. The van der Waals surface area contributed by atoms with Crippen LogP contribution in [0.2, 0.25) is 0 Å². The minimum absolute atomic E-state index is 0.253. The molecule has 0 aliphatic heterocycles. The van der Waals surface area contributed by atoms with E-state index in [0.717, 1.165) is 30.6 Å². The second kappa shape index (κ2) is 7.05. The lowest BCUT2D eigenvalue weighted by atomic mass is 10.1. The van der Waals surface area contributed by atoms with E-state index in [2.05, 4.69) is 71.2 Å². The maximum Gasteiger partial charge on any atom is 0.0766 e. The van der Waals surface area contributed by atoms with Gasteiger partial charge in [-0.15, -0.1) is 11.3 Å². The molecule has 0 aliphatic carbocycles. The molecular weight excluding hydrogens is 470 g/mol. The zero-order valence-corrected chi connectivity index (χ0v) is 17.1. The Kier molecular flexibility index (Phi) is 5.88. The van der Waals surface area contributed by atoms with E-state index in [9.17, 15) is 0 Å². The van der Waals surface area contributed by atoms with Crippen LogP contribution in [0.5, 0.6) is 0 Å². The lowest BCUT2D eigenvalue weighted by Gasteiger charge is -2.16. The molecule has 1 unspecified atom stereocenters. The fraction of sp³-hybridized carbons (Fsp3) is 0.462. The maximum atomic E-state index is 4.56. The second-order valence-corrected chi connectivity index (χ2v) is 9.05. The molecule has 0 aromatic carbocycles. The minimum Gasteiger partial charge on any atom is -0.313 e. The Bertz CT molecular complexity index is 606. The standard InChI is InChI=1S/C13H16Br3N3S/c1-4-8-12(15)10(19(3)18-8)6-9(17-2)7-5-11(14)20-13(7)16/h5,9,17H,4,6H2,1-3H3. The van der Waals surface area contributed by atoms with Crippen molar-refractivity contribution in [2.24, 2.45) is 7.05 Å². The Morgan fingerprint density at radius 1 is 1.40 bits per heavy atom. The highest BCUT2D eigenvalue weighted by atomic mass is 79.9. The van der Waals surface area contributed by atoms with Crippen LogP contribution in [0.3, 0.4) is 0 Å². The first-order chi connectivity index (χ1) is 9.47. The number of nitrogens with zero attached hydrogens (tertiary/aromatic N) is 2. The first-order valence-corrected chi connectivity index (χ1v) is 9.49. The van der Waals surface area contributed by atoms with E-state index in [0.29, 0.717) is 0 Å². The quantitative estimate of drug-likeness (QED) is 0.657. The molecule has 0 saturated heterocycles. The minimum atomic E-state index is 0.253. The van der Waals surface area contributed by atoms with Crippen LogP contribution in [0.4, 0.5) is 0 Å². The molecule has 1 atom stereocenters. The van der Waals surface area contributed by atoms with Gasteiger partial charge >= 0.3 is 0 Å². The van der Waals surface area contributed by atoms with Crippen LogP contribution >= 0.6 is 59.1 Å². The van der Waals surface area contributed by atoms with Gasteiger partial charge < -0.3 is 5.32 Å². The van der Waals surface area contributed by atoms with Crippen LogP contribution in [0, 0.1) is 0 Å². The first-order valence-electron chi connectivity index (χ1n) is 6.30. The summed E-state index contributed by atoms with van der Waals surface area (Å²) in [5.41, 5.74) is 3.61. The molecule has 2 rings (SSSR count). The Hall–Kier alpha value is 0.310. The van der Waals surface area contributed by atoms with E-state index in [1.165, 1.54) is 11.3 Å². The van der Waals surface area contributed by atoms with Crippen molar-refractivity contribution in [2.75, 3.05) is 7.05 Å². The van der Waals surface area contributed by atoms with Gasteiger partial charge in [-0.2, -0.15) is 5.10 Å². The third-order valence-corrected chi connectivity index (χ3v) is 6.61. The zero-order chi connectivity index (χ0) is 14.9. The summed E-state index contributed by atoms with van der Waals surface area (Å²) in [6, 6.07) is 2.42. The van der Waals surface area contributed by atoms with Crippen molar-refractivity contribution in [1.82, 2.24) is 15.1 Å². The van der Waals surface area contributed by atoms with Crippen LogP contribution in [-0.4, -0.2) is 16.8 Å². The lowest BCUT2D eigenvalue weighted by Crippen LogP contribution is -2.20. The number of rotatable bonds is 5. The van der Waals surface area contributed by atoms with Crippen molar-refractivity contribution in [3.8, 4) is 0 Å². The molecule has 0 fully saturated rings. The molecule has 3 nitrogen and oxygen atoms in total. The number of aryl methyl sites for hydroxylation is 2. The molecule has 0 radical (unpaired) electrons. The third kappa shape index (κ3) is 3.38. The van der Waals surface area contributed by atoms with Crippen LogP contribution in [0.25, 0.3) is 0 Å². The number of likely N-dealkylation sites (N-methyl/N-ethyl adjacent to an activating group) is 1. The topological polar surface area (TPSA) is 29.9 Å². The molecule has 0 saturated carbocycles. The lowest BCUT2D eigenvalue weighted by molar-refractivity contribution is 0.560. The number of halogens is 3. The summed E-state index contributed by atoms with van der Waals surface area (Å²) < 4.78 is 5.41. The van der Waals surface area contributed by atoms with E-state index >= 15 is 0 Å². The molecule has 0 spiro atoms. The highest BCUT2D eigenvalue weighted by Crippen LogP contribution is 2.37. The van der Waals surface area contributed by atoms with Gasteiger partial charge in [0.05, 0.1) is 23.4 Å². The van der Waals surface area contributed by atoms with Crippen molar-refractivity contribution < 1.29 is 0 Å². The zero-order valence-electron chi connectivity index (χ0n) is 11.5. The van der Waals surface area contributed by atoms with Crippen molar-refractivity contribution in [1.29, 1.82) is 0 Å². The van der Waals surface area contributed by atoms with E-state index in [1.807, 2.05) is 18.8 Å². The van der Waals surface area contributed by atoms with Gasteiger partial charge in [0.25, 0.3) is 0 Å². The van der Waals surface area contributed by atoms with E-state index < -0.39 is 0 Å². The van der Waals surface area contributed by atoms with E-state index in [1.54, 1.807) is 11.3 Å². The number of hydrogen-bond acceptors (Lipinski definition) is 3. The molecule has 0 aliphatic rings. The molecule has 110 valence electrons. The van der Waals surface area contributed by atoms with Gasteiger partial charge in [-0.3, -0.25) is 4.68 Å². The molecule has 1 N–H and O–H groups in total. The summed E-state index contributed by atoms with van der Waals surface area (Å²) in [6.07, 6.45) is 1.83. The number of nitrogens with one attached hydrogen (secondary N) is 1. The Labute approximate surface area is 148 Å². The summed E-state index contributed by atoms with van der Waals surface area (Å²) >= 11 is 12.6. The largest absolute Gasteiger partial charge is 0.313 e. The van der Waals surface area contributed by atoms with Crippen molar-refractivity contribution in [2.45, 2.75) is 25.8 Å². The van der Waals surface area contributed by atoms with Gasteiger partial charge in [0.15, 0.2) is 0 Å². The van der Waals surface area contributed by atoms with Gasteiger partial charge in [-0.05, 0) is 72.9 Å². The molecule has 2 aromatic rings. The number of hydrogen-bond donors (Lipinski definition) is 1. The fourth-order valence-corrected chi connectivity index (χ4v) is 5.95. The van der Waals surface area contributed by atoms with E-state index in [-0.39, 0.29) is 6.04 Å². The molecular formula is C13H16Br3N3S. The molecule has 0 amide bonds. The van der Waals surface area contributed by atoms with Gasteiger partial charge in [-0.25, -0.2) is 0 Å². The summed E-state index contributed by atoms with van der Waals surface area (Å²) in [6.45, 7) is 2.12. The summed E-state index contributed by atoms with van der Waals surface area (Å²) in [4.78, 5) is 0. The van der Waals surface area contributed by atoms with Gasteiger partial charge in [-0.1, -0.05) is 6.92 Å². The average Bonchev–Trinajstić information content (AvgIpc) is 2.87. The first kappa shape index (κ1) is 16.7. The average molecular weight is 486 g/mol. The van der Waals surface area contributed by atoms with Gasteiger partial charge in [0, 0.05) is 19.5 Å². The second-order valence-electron chi connectivity index (χ2n) is 4.51. The highest BCUT2D eigenvalue weighted by molar-refractivity contribution is 9.12. The summed E-state index contributed by atoms with van der Waals surface area (Å²) in [5.74, 6) is 0. The van der Waals surface area contributed by atoms with Crippen molar-refractivity contribution in [3.63, 3.8) is 0 Å². The van der Waals surface area contributed by atoms with Crippen molar-refractivity contribution in [3.05, 3.63) is 35.1 Å². The fourth-order valence-electron chi connectivity index (χ4n) is 2.19.